The maximum Gasteiger partial charge on any atom is 0.257 e. The minimum absolute atomic E-state index is 0.107. The van der Waals surface area contributed by atoms with E-state index in [1.54, 1.807) is 19.1 Å². The molecule has 2 saturated heterocycles. The molecule has 6 nitrogen and oxygen atoms in total. The second kappa shape index (κ2) is 8.53. The molecule has 2 aliphatic rings. The summed E-state index contributed by atoms with van der Waals surface area (Å²) in [6.45, 7) is 6.89. The van der Waals surface area contributed by atoms with Crippen LogP contribution in [0.1, 0.15) is 54.4 Å². The van der Waals surface area contributed by atoms with Crippen LogP contribution in [0.2, 0.25) is 0 Å². The van der Waals surface area contributed by atoms with Gasteiger partial charge in [0.05, 0.1) is 5.56 Å². The molecule has 156 valence electrons. The highest BCUT2D eigenvalue weighted by Crippen LogP contribution is 2.26. The molecule has 2 aromatic rings. The Hall–Kier alpha value is -2.41. The zero-order valence-corrected chi connectivity index (χ0v) is 17.1. The van der Waals surface area contributed by atoms with Crippen LogP contribution in [0.5, 0.6) is 5.75 Å². The van der Waals surface area contributed by atoms with Crippen molar-refractivity contribution in [2.24, 2.45) is 0 Å². The van der Waals surface area contributed by atoms with Gasteiger partial charge >= 0.3 is 0 Å². The van der Waals surface area contributed by atoms with Crippen molar-refractivity contribution < 1.29 is 18.4 Å². The summed E-state index contributed by atoms with van der Waals surface area (Å²) < 4.78 is 25.3. The summed E-state index contributed by atoms with van der Waals surface area (Å²) in [5.41, 5.74) is 0.745. The van der Waals surface area contributed by atoms with Crippen LogP contribution in [0.4, 0.5) is 4.39 Å². The Morgan fingerprint density at radius 1 is 1.28 bits per heavy atom. The number of aromatic nitrogens is 1. The van der Waals surface area contributed by atoms with Crippen LogP contribution in [0.25, 0.3) is 0 Å². The van der Waals surface area contributed by atoms with Crippen LogP contribution in [-0.2, 0) is 6.61 Å². The number of hydrogen-bond donors (Lipinski definition) is 0. The molecule has 1 aromatic heterocycles. The zero-order chi connectivity index (χ0) is 20.4. The van der Waals surface area contributed by atoms with E-state index in [2.05, 4.69) is 17.0 Å². The van der Waals surface area contributed by atoms with Gasteiger partial charge in [0.2, 0.25) is 0 Å². The maximum absolute atomic E-state index is 14.7. The van der Waals surface area contributed by atoms with E-state index in [-0.39, 0.29) is 24.1 Å². The minimum atomic E-state index is -0.552. The lowest BCUT2D eigenvalue weighted by Gasteiger charge is -2.31. The van der Waals surface area contributed by atoms with E-state index in [1.807, 2.05) is 4.90 Å². The number of halogens is 1. The predicted molar refractivity (Wildman–Crippen MR) is 106 cm³/mol. The number of carbonyl (C=O) groups excluding carboxylic acids is 1. The van der Waals surface area contributed by atoms with Crippen molar-refractivity contribution in [2.75, 3.05) is 19.6 Å². The molecule has 1 aromatic carbocycles. The van der Waals surface area contributed by atoms with Gasteiger partial charge in [-0.1, -0.05) is 5.16 Å². The van der Waals surface area contributed by atoms with Crippen molar-refractivity contribution in [3.63, 3.8) is 0 Å². The predicted octanol–water partition coefficient (Wildman–Crippen LogP) is 3.79. The first-order chi connectivity index (χ1) is 14.0. The smallest absolute Gasteiger partial charge is 0.257 e. The van der Waals surface area contributed by atoms with E-state index in [0.717, 1.165) is 25.9 Å². The molecular weight excluding hydrogens is 373 g/mol. The summed E-state index contributed by atoms with van der Waals surface area (Å²) in [6, 6.07) is 6.92. The second-order valence-corrected chi connectivity index (χ2v) is 8.14. The topological polar surface area (TPSA) is 58.8 Å². The minimum Gasteiger partial charge on any atom is -0.487 e. The van der Waals surface area contributed by atoms with Crippen LogP contribution >= 0.6 is 0 Å². The first kappa shape index (κ1) is 19.9. The van der Waals surface area contributed by atoms with E-state index in [1.165, 1.54) is 25.0 Å². The standard InChI is InChI=1S/C22H28FN3O3/c1-15-5-3-9-25(15)13-18-6-4-10-26(18)22(27)20-8-7-19(12-21(20)23)28-14-17-11-16(2)29-24-17/h7-8,11-12,15,18H,3-6,9-10,13-14H2,1-2H3/t15-,18?/m0/s1. The molecule has 3 heterocycles. The fraction of sp³-hybridized carbons (Fsp3) is 0.545. The number of hydrogen-bond acceptors (Lipinski definition) is 5. The van der Waals surface area contributed by atoms with Crippen LogP contribution in [-0.4, -0.2) is 52.6 Å². The summed E-state index contributed by atoms with van der Waals surface area (Å²) in [5, 5.41) is 3.85. The van der Waals surface area contributed by atoms with Crippen molar-refractivity contribution in [1.29, 1.82) is 0 Å². The number of ether oxygens (including phenoxy) is 1. The third-order valence-corrected chi connectivity index (χ3v) is 6.01. The Balaban J connectivity index is 1.40. The largest absolute Gasteiger partial charge is 0.487 e. The lowest BCUT2D eigenvalue weighted by Crippen LogP contribution is -2.44. The molecule has 2 atom stereocenters. The summed E-state index contributed by atoms with van der Waals surface area (Å²) in [5.74, 6) is 0.280. The SMILES string of the molecule is Cc1cc(COc2ccc(C(=O)N3CCCC3CN3CCC[C@@H]3C)c(F)c2)no1. The van der Waals surface area contributed by atoms with Gasteiger partial charge in [-0.05, 0) is 58.2 Å². The average molecular weight is 401 g/mol. The van der Waals surface area contributed by atoms with Crippen molar-refractivity contribution in [3.8, 4) is 5.75 Å². The van der Waals surface area contributed by atoms with Crippen LogP contribution in [0.15, 0.2) is 28.8 Å². The summed E-state index contributed by atoms with van der Waals surface area (Å²) in [7, 11) is 0. The number of amides is 1. The molecule has 1 amide bonds. The second-order valence-electron chi connectivity index (χ2n) is 8.14. The Kier molecular flexibility index (Phi) is 5.85. The van der Waals surface area contributed by atoms with Gasteiger partial charge in [-0.25, -0.2) is 4.39 Å². The van der Waals surface area contributed by atoms with Gasteiger partial charge in [-0.3, -0.25) is 9.69 Å². The Bertz CT molecular complexity index is 869. The van der Waals surface area contributed by atoms with Crippen molar-refractivity contribution in [1.82, 2.24) is 15.0 Å². The monoisotopic (exact) mass is 401 g/mol. The zero-order valence-electron chi connectivity index (χ0n) is 17.1. The first-order valence-electron chi connectivity index (χ1n) is 10.4. The molecule has 0 N–H and O–H groups in total. The fourth-order valence-corrected chi connectivity index (χ4v) is 4.38. The first-order valence-corrected chi connectivity index (χ1v) is 10.4. The molecular formula is C22H28FN3O3. The van der Waals surface area contributed by atoms with E-state index in [9.17, 15) is 9.18 Å². The van der Waals surface area contributed by atoms with Crippen LogP contribution in [0.3, 0.4) is 0 Å². The van der Waals surface area contributed by atoms with Gasteiger partial charge in [0.25, 0.3) is 5.91 Å². The van der Waals surface area contributed by atoms with Crippen LogP contribution in [0, 0.1) is 12.7 Å². The number of likely N-dealkylation sites (tertiary alicyclic amines) is 2. The third kappa shape index (κ3) is 4.45. The summed E-state index contributed by atoms with van der Waals surface area (Å²) >= 11 is 0. The Morgan fingerprint density at radius 2 is 2.10 bits per heavy atom. The fourth-order valence-electron chi connectivity index (χ4n) is 4.38. The number of carbonyl (C=O) groups is 1. The van der Waals surface area contributed by atoms with Gasteiger partial charge in [0, 0.05) is 37.3 Å². The quantitative estimate of drug-likeness (QED) is 0.737. The third-order valence-electron chi connectivity index (χ3n) is 6.01. The molecule has 0 saturated carbocycles. The van der Waals surface area contributed by atoms with E-state index in [4.69, 9.17) is 9.26 Å². The molecule has 29 heavy (non-hydrogen) atoms. The normalized spacial score (nSPS) is 22.4. The summed E-state index contributed by atoms with van der Waals surface area (Å²) in [6.07, 6.45) is 4.38. The van der Waals surface area contributed by atoms with E-state index >= 15 is 0 Å². The highest BCUT2D eigenvalue weighted by atomic mass is 19.1. The highest BCUT2D eigenvalue weighted by Gasteiger charge is 2.33. The maximum atomic E-state index is 14.7. The molecule has 0 spiro atoms. The van der Waals surface area contributed by atoms with Gasteiger partial charge in [-0.2, -0.15) is 0 Å². The number of rotatable bonds is 6. The highest BCUT2D eigenvalue weighted by molar-refractivity contribution is 5.95. The molecule has 0 aliphatic carbocycles. The van der Waals surface area contributed by atoms with Gasteiger partial charge in [-0.15, -0.1) is 0 Å². The van der Waals surface area contributed by atoms with E-state index in [0.29, 0.717) is 29.8 Å². The van der Waals surface area contributed by atoms with Crippen molar-refractivity contribution in [3.05, 3.63) is 47.1 Å². The molecule has 0 radical (unpaired) electrons. The molecule has 7 heteroatoms. The number of nitrogens with zero attached hydrogens (tertiary/aromatic N) is 3. The van der Waals surface area contributed by atoms with Crippen LogP contribution < -0.4 is 4.74 Å². The van der Waals surface area contributed by atoms with E-state index < -0.39 is 5.82 Å². The number of aryl methyl sites for hydroxylation is 1. The Morgan fingerprint density at radius 3 is 2.79 bits per heavy atom. The Labute approximate surface area is 170 Å². The molecule has 0 bridgehead atoms. The van der Waals surface area contributed by atoms with Gasteiger partial charge in [0.15, 0.2) is 0 Å². The average Bonchev–Trinajstić information content (AvgIpc) is 3.43. The van der Waals surface area contributed by atoms with Crippen molar-refractivity contribution >= 4 is 5.91 Å². The van der Waals surface area contributed by atoms with Gasteiger partial charge in [0.1, 0.15) is 29.6 Å². The lowest BCUT2D eigenvalue weighted by molar-refractivity contribution is 0.0692. The molecule has 1 unspecified atom stereocenters. The van der Waals surface area contributed by atoms with Gasteiger partial charge < -0.3 is 14.2 Å². The molecule has 4 rings (SSSR count). The van der Waals surface area contributed by atoms with Crippen molar-refractivity contribution in [2.45, 2.75) is 58.2 Å². The lowest BCUT2D eigenvalue weighted by atomic mass is 10.1. The number of benzene rings is 1. The molecule has 2 aliphatic heterocycles. The molecule has 2 fully saturated rings. The summed E-state index contributed by atoms with van der Waals surface area (Å²) in [4.78, 5) is 17.3.